The fraction of sp³-hybridized carbons (Fsp3) is 0.286. The number of carbonyl (C=O) groups is 2. The molecular weight excluding hydrogens is 344 g/mol. The Hall–Kier alpha value is -3.33. The number of rotatable bonds is 7. The van der Waals surface area contributed by atoms with Crippen LogP contribution in [0.1, 0.15) is 29.8 Å². The number of benzene rings is 2. The molecule has 6 heteroatoms. The van der Waals surface area contributed by atoms with Crippen LogP contribution < -0.4 is 4.74 Å². The molecular formula is C21H22N2O4. The SMILES string of the molecule is CN(C(=O)COC(=O)c1ccc(OCc2ccccc2)cc1)C(C)(C)C#N. The zero-order valence-corrected chi connectivity index (χ0v) is 15.6. The number of hydrogen-bond donors (Lipinski definition) is 0. The third-order valence-electron chi connectivity index (χ3n) is 4.15. The number of esters is 1. The summed E-state index contributed by atoms with van der Waals surface area (Å²) in [6, 6.07) is 18.3. The molecule has 27 heavy (non-hydrogen) atoms. The van der Waals surface area contributed by atoms with Crippen molar-refractivity contribution in [2.45, 2.75) is 26.0 Å². The maximum atomic E-state index is 12.1. The van der Waals surface area contributed by atoms with Gasteiger partial charge in [0.2, 0.25) is 0 Å². The molecule has 0 fully saturated rings. The molecule has 0 aliphatic carbocycles. The van der Waals surface area contributed by atoms with Crippen molar-refractivity contribution in [3.8, 4) is 11.8 Å². The lowest BCUT2D eigenvalue weighted by molar-refractivity contribution is -0.136. The zero-order chi connectivity index (χ0) is 19.9. The molecule has 0 unspecified atom stereocenters. The second-order valence-corrected chi connectivity index (χ2v) is 6.50. The summed E-state index contributed by atoms with van der Waals surface area (Å²) < 4.78 is 10.7. The topological polar surface area (TPSA) is 79.6 Å². The third kappa shape index (κ3) is 5.58. The molecule has 2 aromatic rings. The van der Waals surface area contributed by atoms with Gasteiger partial charge >= 0.3 is 5.97 Å². The lowest BCUT2D eigenvalue weighted by atomic mass is 10.1. The summed E-state index contributed by atoms with van der Waals surface area (Å²) in [6.45, 7) is 3.23. The van der Waals surface area contributed by atoms with Crippen molar-refractivity contribution in [3.05, 3.63) is 65.7 Å². The standard InChI is InChI=1S/C21H22N2O4/c1-21(2,15-22)23(3)19(24)14-27-20(25)17-9-11-18(12-10-17)26-13-16-7-5-4-6-8-16/h4-12H,13-14H2,1-3H3. The lowest BCUT2D eigenvalue weighted by Gasteiger charge is -2.28. The first kappa shape index (κ1) is 20.0. The van der Waals surface area contributed by atoms with Gasteiger partial charge in [0.05, 0.1) is 11.6 Å². The van der Waals surface area contributed by atoms with E-state index >= 15 is 0 Å². The molecule has 0 radical (unpaired) electrons. The molecule has 6 nitrogen and oxygen atoms in total. The monoisotopic (exact) mass is 366 g/mol. The summed E-state index contributed by atoms with van der Waals surface area (Å²) in [6.07, 6.45) is 0. The Balaban J connectivity index is 1.86. The average molecular weight is 366 g/mol. The summed E-state index contributed by atoms with van der Waals surface area (Å²) in [5, 5.41) is 9.05. The van der Waals surface area contributed by atoms with Crippen molar-refractivity contribution in [2.24, 2.45) is 0 Å². The molecule has 0 bridgehead atoms. The first-order valence-corrected chi connectivity index (χ1v) is 8.45. The first-order chi connectivity index (χ1) is 12.8. The van der Waals surface area contributed by atoms with Gasteiger partial charge in [-0.2, -0.15) is 5.26 Å². The van der Waals surface area contributed by atoms with Crippen LogP contribution in [-0.2, 0) is 16.1 Å². The molecule has 140 valence electrons. The van der Waals surface area contributed by atoms with E-state index < -0.39 is 24.0 Å². The number of carbonyl (C=O) groups excluding carboxylic acids is 2. The number of nitrogens with zero attached hydrogens (tertiary/aromatic N) is 2. The van der Waals surface area contributed by atoms with Crippen molar-refractivity contribution in [1.82, 2.24) is 4.90 Å². The van der Waals surface area contributed by atoms with Gasteiger partial charge in [-0.1, -0.05) is 30.3 Å². The van der Waals surface area contributed by atoms with Crippen LogP contribution in [0.5, 0.6) is 5.75 Å². The summed E-state index contributed by atoms with van der Waals surface area (Å²) in [7, 11) is 1.50. The zero-order valence-electron chi connectivity index (χ0n) is 15.6. The number of hydrogen-bond acceptors (Lipinski definition) is 5. The highest BCUT2D eigenvalue weighted by Crippen LogP contribution is 2.15. The number of likely N-dealkylation sites (N-methyl/N-ethyl adjacent to an activating group) is 1. The molecule has 0 heterocycles. The van der Waals surface area contributed by atoms with Gasteiger partial charge < -0.3 is 14.4 Å². The van der Waals surface area contributed by atoms with Gasteiger partial charge in [-0.15, -0.1) is 0 Å². The molecule has 2 rings (SSSR count). The predicted octanol–water partition coefficient (Wildman–Crippen LogP) is 3.18. The van der Waals surface area contributed by atoms with E-state index in [9.17, 15) is 9.59 Å². The lowest BCUT2D eigenvalue weighted by Crippen LogP contribution is -2.45. The first-order valence-electron chi connectivity index (χ1n) is 8.45. The van der Waals surface area contributed by atoms with E-state index in [1.807, 2.05) is 36.4 Å². The Morgan fingerprint density at radius 2 is 1.70 bits per heavy atom. The van der Waals surface area contributed by atoms with Crippen molar-refractivity contribution in [1.29, 1.82) is 5.26 Å². The Kier molecular flexibility index (Phi) is 6.56. The molecule has 0 N–H and O–H groups in total. The molecule has 0 aromatic heterocycles. The Morgan fingerprint density at radius 3 is 2.30 bits per heavy atom. The molecule has 0 saturated heterocycles. The van der Waals surface area contributed by atoms with Crippen molar-refractivity contribution in [2.75, 3.05) is 13.7 Å². The maximum Gasteiger partial charge on any atom is 0.338 e. The largest absolute Gasteiger partial charge is 0.489 e. The Morgan fingerprint density at radius 1 is 1.07 bits per heavy atom. The van der Waals surface area contributed by atoms with Crippen molar-refractivity contribution in [3.63, 3.8) is 0 Å². The molecule has 0 spiro atoms. The van der Waals surface area contributed by atoms with Crippen LogP contribution in [0.25, 0.3) is 0 Å². The van der Waals surface area contributed by atoms with E-state index in [1.165, 1.54) is 11.9 Å². The van der Waals surface area contributed by atoms with Crippen LogP contribution in [0.2, 0.25) is 0 Å². The van der Waals surface area contributed by atoms with Gasteiger partial charge in [-0.3, -0.25) is 4.79 Å². The maximum absolute atomic E-state index is 12.1. The summed E-state index contributed by atoms with van der Waals surface area (Å²) in [5.41, 5.74) is 0.391. The third-order valence-corrected chi connectivity index (χ3v) is 4.15. The smallest absolute Gasteiger partial charge is 0.338 e. The van der Waals surface area contributed by atoms with Crippen LogP contribution >= 0.6 is 0 Å². The minimum absolute atomic E-state index is 0.317. The van der Waals surface area contributed by atoms with E-state index in [0.717, 1.165) is 5.56 Å². The normalized spacial score (nSPS) is 10.6. The van der Waals surface area contributed by atoms with E-state index in [4.69, 9.17) is 14.7 Å². The number of amides is 1. The van der Waals surface area contributed by atoms with Crippen LogP contribution in [-0.4, -0.2) is 36.0 Å². The van der Waals surface area contributed by atoms with Gasteiger partial charge in [-0.25, -0.2) is 4.79 Å². The van der Waals surface area contributed by atoms with Gasteiger partial charge in [0.15, 0.2) is 6.61 Å². The second-order valence-electron chi connectivity index (χ2n) is 6.50. The quantitative estimate of drug-likeness (QED) is 0.703. The Bertz CT molecular complexity index is 824. The Labute approximate surface area is 158 Å². The van der Waals surface area contributed by atoms with Gasteiger partial charge in [0, 0.05) is 7.05 Å². The van der Waals surface area contributed by atoms with Gasteiger partial charge in [0.1, 0.15) is 17.9 Å². The molecule has 0 aliphatic heterocycles. The fourth-order valence-corrected chi connectivity index (χ4v) is 2.12. The number of ether oxygens (including phenoxy) is 2. The highest BCUT2D eigenvalue weighted by Gasteiger charge is 2.27. The summed E-state index contributed by atoms with van der Waals surface area (Å²) in [4.78, 5) is 25.4. The van der Waals surface area contributed by atoms with E-state index in [2.05, 4.69) is 0 Å². The fourth-order valence-electron chi connectivity index (χ4n) is 2.12. The second kappa shape index (κ2) is 8.86. The molecule has 2 aromatic carbocycles. The van der Waals surface area contributed by atoms with Crippen LogP contribution in [0.4, 0.5) is 0 Å². The minimum Gasteiger partial charge on any atom is -0.489 e. The number of nitriles is 1. The molecule has 0 atom stereocenters. The highest BCUT2D eigenvalue weighted by atomic mass is 16.5. The predicted molar refractivity (Wildman–Crippen MR) is 100.0 cm³/mol. The van der Waals surface area contributed by atoms with Crippen molar-refractivity contribution < 1.29 is 19.1 Å². The summed E-state index contributed by atoms with van der Waals surface area (Å²) in [5.74, 6) is -0.430. The van der Waals surface area contributed by atoms with Gasteiger partial charge in [-0.05, 0) is 43.7 Å². The van der Waals surface area contributed by atoms with E-state index in [-0.39, 0.29) is 0 Å². The summed E-state index contributed by atoms with van der Waals surface area (Å²) >= 11 is 0. The van der Waals surface area contributed by atoms with Crippen LogP contribution in [0, 0.1) is 11.3 Å². The van der Waals surface area contributed by atoms with Crippen LogP contribution in [0.15, 0.2) is 54.6 Å². The average Bonchev–Trinajstić information content (AvgIpc) is 2.70. The minimum atomic E-state index is -0.971. The van der Waals surface area contributed by atoms with E-state index in [0.29, 0.717) is 17.9 Å². The van der Waals surface area contributed by atoms with Gasteiger partial charge in [0.25, 0.3) is 5.91 Å². The molecule has 1 amide bonds. The highest BCUT2D eigenvalue weighted by molar-refractivity contribution is 5.91. The van der Waals surface area contributed by atoms with E-state index in [1.54, 1.807) is 38.1 Å². The van der Waals surface area contributed by atoms with Crippen molar-refractivity contribution >= 4 is 11.9 Å². The van der Waals surface area contributed by atoms with Crippen LogP contribution in [0.3, 0.4) is 0 Å². The molecule has 0 saturated carbocycles. The molecule has 0 aliphatic rings.